The summed E-state index contributed by atoms with van der Waals surface area (Å²) in [5.74, 6) is 0.326. The monoisotopic (exact) mass is 373 g/mol. The number of amides is 1. The molecule has 0 radical (unpaired) electrons. The molecule has 1 N–H and O–H groups in total. The van der Waals surface area contributed by atoms with Crippen LogP contribution in [0.5, 0.6) is 0 Å². The molecular formula is C18H27N7O2. The molecule has 1 aliphatic rings. The summed E-state index contributed by atoms with van der Waals surface area (Å²) in [5.41, 5.74) is 0.537. The highest BCUT2D eigenvalue weighted by molar-refractivity contribution is 5.89. The van der Waals surface area contributed by atoms with Gasteiger partial charge in [-0.3, -0.25) is 9.59 Å². The summed E-state index contributed by atoms with van der Waals surface area (Å²) in [6, 6.07) is 3.30. The number of nitrogens with one attached hydrogen (secondary N) is 1. The largest absolute Gasteiger partial charge is 0.369 e. The lowest BCUT2D eigenvalue weighted by molar-refractivity contribution is -0.117. The van der Waals surface area contributed by atoms with Gasteiger partial charge in [0, 0.05) is 38.3 Å². The van der Waals surface area contributed by atoms with E-state index < -0.39 is 0 Å². The van der Waals surface area contributed by atoms with Crippen molar-refractivity contribution in [2.75, 3.05) is 43.4 Å². The van der Waals surface area contributed by atoms with Crippen LogP contribution in [0.1, 0.15) is 19.8 Å². The van der Waals surface area contributed by atoms with Crippen LogP contribution >= 0.6 is 0 Å². The van der Waals surface area contributed by atoms with Gasteiger partial charge in [0.15, 0.2) is 0 Å². The molecule has 2 aromatic heterocycles. The molecular weight excluding hydrogens is 346 g/mol. The standard InChI is InChI=1S/C18H27N7O2/c1-3-7-24-16(5-6-19-24)21-17(26)14-25-18(27)12-15(13-20-25)23-9-4-8-22(2)10-11-23/h5-6,12-13H,3-4,7-11,14H2,1-2H3,(H,21,26). The third-order valence-electron chi connectivity index (χ3n) is 4.65. The van der Waals surface area contributed by atoms with Crippen LogP contribution in [0.25, 0.3) is 0 Å². The van der Waals surface area contributed by atoms with Gasteiger partial charge in [0.1, 0.15) is 12.4 Å². The Balaban J connectivity index is 1.64. The minimum Gasteiger partial charge on any atom is -0.369 e. The van der Waals surface area contributed by atoms with Crippen molar-refractivity contribution in [3.05, 3.63) is 34.9 Å². The number of hydrogen-bond acceptors (Lipinski definition) is 6. The van der Waals surface area contributed by atoms with E-state index in [-0.39, 0.29) is 18.0 Å². The molecule has 2 aromatic rings. The van der Waals surface area contributed by atoms with Crippen molar-refractivity contribution in [1.82, 2.24) is 24.5 Å². The molecule has 0 aliphatic carbocycles. The molecule has 0 spiro atoms. The van der Waals surface area contributed by atoms with Crippen molar-refractivity contribution in [3.63, 3.8) is 0 Å². The number of aromatic nitrogens is 4. The fourth-order valence-electron chi connectivity index (χ4n) is 3.17. The van der Waals surface area contributed by atoms with Gasteiger partial charge < -0.3 is 15.1 Å². The number of likely N-dealkylation sites (N-methyl/N-ethyl adjacent to an activating group) is 1. The van der Waals surface area contributed by atoms with E-state index in [0.717, 1.165) is 51.3 Å². The number of anilines is 2. The second-order valence-corrected chi connectivity index (χ2v) is 6.84. The second kappa shape index (κ2) is 8.81. The second-order valence-electron chi connectivity index (χ2n) is 6.84. The SMILES string of the molecule is CCCn1nccc1NC(=O)Cn1ncc(N2CCCN(C)CC2)cc1=O. The average Bonchev–Trinajstić information content (AvgIpc) is 2.94. The lowest BCUT2D eigenvalue weighted by atomic mass is 10.3. The van der Waals surface area contributed by atoms with Crippen molar-refractivity contribution < 1.29 is 4.79 Å². The fourth-order valence-corrected chi connectivity index (χ4v) is 3.17. The van der Waals surface area contributed by atoms with E-state index >= 15 is 0 Å². The van der Waals surface area contributed by atoms with E-state index in [0.29, 0.717) is 5.82 Å². The summed E-state index contributed by atoms with van der Waals surface area (Å²) in [6.45, 7) is 6.41. The molecule has 0 atom stereocenters. The first-order valence-electron chi connectivity index (χ1n) is 9.39. The lowest BCUT2D eigenvalue weighted by Gasteiger charge is -2.22. The third kappa shape index (κ3) is 4.94. The molecule has 3 heterocycles. The molecule has 27 heavy (non-hydrogen) atoms. The summed E-state index contributed by atoms with van der Waals surface area (Å²) in [5, 5.41) is 11.2. The first kappa shape index (κ1) is 19.1. The smallest absolute Gasteiger partial charge is 0.269 e. The van der Waals surface area contributed by atoms with Crippen molar-refractivity contribution >= 4 is 17.4 Å². The summed E-state index contributed by atoms with van der Waals surface area (Å²) in [7, 11) is 2.10. The Labute approximate surface area is 158 Å². The quantitative estimate of drug-likeness (QED) is 0.799. The van der Waals surface area contributed by atoms with Gasteiger partial charge in [0.2, 0.25) is 5.91 Å². The topological polar surface area (TPSA) is 88.3 Å². The van der Waals surface area contributed by atoms with Gasteiger partial charge in [0.25, 0.3) is 5.56 Å². The van der Waals surface area contributed by atoms with E-state index in [4.69, 9.17) is 0 Å². The number of carbonyl (C=O) groups is 1. The van der Waals surface area contributed by atoms with Crippen LogP contribution in [-0.4, -0.2) is 63.6 Å². The molecule has 0 unspecified atom stereocenters. The summed E-state index contributed by atoms with van der Waals surface area (Å²) >= 11 is 0. The highest BCUT2D eigenvalue weighted by atomic mass is 16.2. The van der Waals surface area contributed by atoms with Gasteiger partial charge in [-0.15, -0.1) is 0 Å². The molecule has 1 saturated heterocycles. The molecule has 9 heteroatoms. The van der Waals surface area contributed by atoms with Crippen LogP contribution in [0.3, 0.4) is 0 Å². The van der Waals surface area contributed by atoms with Crippen LogP contribution in [0.4, 0.5) is 11.5 Å². The maximum atomic E-state index is 12.4. The maximum absolute atomic E-state index is 12.4. The lowest BCUT2D eigenvalue weighted by Crippen LogP contribution is -2.33. The first-order valence-corrected chi connectivity index (χ1v) is 9.39. The zero-order valence-corrected chi connectivity index (χ0v) is 16.0. The van der Waals surface area contributed by atoms with Crippen LogP contribution < -0.4 is 15.8 Å². The summed E-state index contributed by atoms with van der Waals surface area (Å²) in [6.07, 6.45) is 5.27. The predicted octanol–water partition coefficient (Wildman–Crippen LogP) is 0.630. The Morgan fingerprint density at radius 3 is 2.81 bits per heavy atom. The summed E-state index contributed by atoms with van der Waals surface area (Å²) < 4.78 is 2.91. The van der Waals surface area contributed by atoms with Crippen molar-refractivity contribution in [1.29, 1.82) is 0 Å². The zero-order valence-electron chi connectivity index (χ0n) is 16.0. The number of carbonyl (C=O) groups excluding carboxylic acids is 1. The molecule has 9 nitrogen and oxygen atoms in total. The Morgan fingerprint density at radius 1 is 1.19 bits per heavy atom. The number of nitrogens with zero attached hydrogens (tertiary/aromatic N) is 6. The normalized spacial score (nSPS) is 15.6. The molecule has 0 aromatic carbocycles. The van der Waals surface area contributed by atoms with Gasteiger partial charge in [0.05, 0.1) is 18.1 Å². The minimum absolute atomic E-state index is 0.126. The first-order chi connectivity index (χ1) is 13.1. The fraction of sp³-hybridized carbons (Fsp3) is 0.556. The molecule has 0 saturated carbocycles. The van der Waals surface area contributed by atoms with Crippen molar-refractivity contribution in [3.8, 4) is 0 Å². The Bertz CT molecular complexity index is 829. The summed E-state index contributed by atoms with van der Waals surface area (Å²) in [4.78, 5) is 29.1. The minimum atomic E-state index is -0.299. The third-order valence-corrected chi connectivity index (χ3v) is 4.65. The Morgan fingerprint density at radius 2 is 2.04 bits per heavy atom. The number of hydrogen-bond donors (Lipinski definition) is 1. The van der Waals surface area contributed by atoms with Crippen LogP contribution in [0.15, 0.2) is 29.3 Å². The van der Waals surface area contributed by atoms with Gasteiger partial charge in [-0.25, -0.2) is 9.36 Å². The molecule has 1 fully saturated rings. The Kier molecular flexibility index (Phi) is 6.23. The molecule has 1 aliphatic heterocycles. The highest BCUT2D eigenvalue weighted by Crippen LogP contribution is 2.13. The van der Waals surface area contributed by atoms with Crippen LogP contribution in [0, 0.1) is 0 Å². The van der Waals surface area contributed by atoms with E-state index in [2.05, 4.69) is 32.4 Å². The van der Waals surface area contributed by atoms with Crippen LogP contribution in [-0.2, 0) is 17.9 Å². The van der Waals surface area contributed by atoms with E-state index in [1.807, 2.05) is 6.92 Å². The maximum Gasteiger partial charge on any atom is 0.269 e. The van der Waals surface area contributed by atoms with Crippen molar-refractivity contribution in [2.24, 2.45) is 0 Å². The Hall–Kier alpha value is -2.68. The average molecular weight is 373 g/mol. The van der Waals surface area contributed by atoms with Gasteiger partial charge in [-0.1, -0.05) is 6.92 Å². The van der Waals surface area contributed by atoms with E-state index in [9.17, 15) is 9.59 Å². The molecule has 1 amide bonds. The van der Waals surface area contributed by atoms with Gasteiger partial charge >= 0.3 is 0 Å². The predicted molar refractivity (Wildman–Crippen MR) is 104 cm³/mol. The molecule has 146 valence electrons. The van der Waals surface area contributed by atoms with E-state index in [1.165, 1.54) is 4.68 Å². The van der Waals surface area contributed by atoms with Crippen LogP contribution in [0.2, 0.25) is 0 Å². The number of rotatable bonds is 6. The number of aryl methyl sites for hydroxylation is 1. The zero-order chi connectivity index (χ0) is 19.2. The highest BCUT2D eigenvalue weighted by Gasteiger charge is 2.15. The molecule has 0 bridgehead atoms. The van der Waals surface area contributed by atoms with Gasteiger partial charge in [-0.2, -0.15) is 10.2 Å². The van der Waals surface area contributed by atoms with Gasteiger partial charge in [-0.05, 0) is 26.4 Å². The molecule has 3 rings (SSSR count). The van der Waals surface area contributed by atoms with Crippen molar-refractivity contribution in [2.45, 2.75) is 32.9 Å². The van der Waals surface area contributed by atoms with E-state index in [1.54, 1.807) is 29.2 Å².